The van der Waals surface area contributed by atoms with Gasteiger partial charge in [0, 0.05) is 23.0 Å². The van der Waals surface area contributed by atoms with Gasteiger partial charge in [-0.1, -0.05) is 17.7 Å². The maximum atomic E-state index is 13.1. The van der Waals surface area contributed by atoms with Crippen molar-refractivity contribution in [2.24, 2.45) is 5.73 Å². The Balaban J connectivity index is 0.00000272. The van der Waals surface area contributed by atoms with Crippen molar-refractivity contribution >= 4 is 51.5 Å². The largest absolute Gasteiger partial charge is 0.416 e. The fraction of sp³-hybridized carbons (Fsp3) is 0.150. The van der Waals surface area contributed by atoms with Gasteiger partial charge in [-0.05, 0) is 42.0 Å². The van der Waals surface area contributed by atoms with Gasteiger partial charge in [0.1, 0.15) is 11.1 Å². The van der Waals surface area contributed by atoms with E-state index in [0.29, 0.717) is 11.1 Å². The number of aliphatic hydroxyl groups is 1. The van der Waals surface area contributed by atoms with E-state index in [1.165, 1.54) is 30.6 Å². The maximum Gasteiger partial charge on any atom is 0.416 e. The van der Waals surface area contributed by atoms with Crippen LogP contribution in [-0.2, 0) is 16.4 Å². The number of aromatic nitrogens is 2. The van der Waals surface area contributed by atoms with Crippen LogP contribution in [0.5, 0.6) is 0 Å². The van der Waals surface area contributed by atoms with E-state index in [9.17, 15) is 23.1 Å². The van der Waals surface area contributed by atoms with Crippen LogP contribution in [0.1, 0.15) is 16.1 Å². The van der Waals surface area contributed by atoms with Crippen LogP contribution in [0.15, 0.2) is 65.5 Å². The summed E-state index contributed by atoms with van der Waals surface area (Å²) < 4.78 is 39.6. The molecule has 3 N–H and O–H groups in total. The SMILES string of the molecule is Cl.NC(=O)C1=CC(Cl)=CC(c2cccnc2)(c2nc3ccc(C(F)(F)F)cc3s2)C1O. The average molecular weight is 488 g/mol. The van der Waals surface area contributed by atoms with Crippen LogP contribution < -0.4 is 5.73 Å². The van der Waals surface area contributed by atoms with E-state index < -0.39 is 29.2 Å². The number of halogens is 5. The Morgan fingerprint density at radius 3 is 2.65 bits per heavy atom. The van der Waals surface area contributed by atoms with Crippen molar-refractivity contribution in [3.05, 3.63) is 81.6 Å². The minimum absolute atomic E-state index is 0. The van der Waals surface area contributed by atoms with Gasteiger partial charge < -0.3 is 10.8 Å². The van der Waals surface area contributed by atoms with Crippen LogP contribution in [-0.4, -0.2) is 27.1 Å². The standard InChI is InChI=1S/C20H13ClF3N3O2S.ClH/c21-12-7-13(17(25)29)16(28)19(8-12,11-2-1-5-26-9-11)18-27-14-4-3-10(20(22,23)24)6-15(14)30-18;/h1-9,16,28H,(H2,25,29);1H. The molecule has 1 aliphatic rings. The van der Waals surface area contributed by atoms with Gasteiger partial charge in [-0.15, -0.1) is 23.7 Å². The fourth-order valence-electron chi connectivity index (χ4n) is 3.45. The number of rotatable bonds is 3. The molecule has 2 unspecified atom stereocenters. The Hall–Kier alpha value is -2.46. The second kappa shape index (κ2) is 8.23. The molecule has 3 aromatic rings. The third-order valence-corrected chi connectivity index (χ3v) is 6.27. The number of thiazole rings is 1. The minimum atomic E-state index is -4.51. The molecule has 162 valence electrons. The predicted molar refractivity (Wildman–Crippen MR) is 114 cm³/mol. The lowest BCUT2D eigenvalue weighted by atomic mass is 9.71. The number of hydrogen-bond acceptors (Lipinski definition) is 5. The minimum Gasteiger partial charge on any atom is -0.386 e. The first-order valence-corrected chi connectivity index (χ1v) is 9.79. The van der Waals surface area contributed by atoms with E-state index in [0.717, 1.165) is 23.5 Å². The number of alkyl halides is 3. The van der Waals surface area contributed by atoms with Crippen molar-refractivity contribution in [2.75, 3.05) is 0 Å². The topological polar surface area (TPSA) is 89.1 Å². The highest BCUT2D eigenvalue weighted by Crippen LogP contribution is 2.46. The smallest absolute Gasteiger partial charge is 0.386 e. The Morgan fingerprint density at radius 1 is 1.29 bits per heavy atom. The van der Waals surface area contributed by atoms with Crippen molar-refractivity contribution in [1.29, 1.82) is 0 Å². The number of pyridine rings is 1. The van der Waals surface area contributed by atoms with E-state index >= 15 is 0 Å². The lowest BCUT2D eigenvalue weighted by molar-refractivity contribution is -0.137. The summed E-state index contributed by atoms with van der Waals surface area (Å²) in [6, 6.07) is 6.49. The number of carbonyl (C=O) groups is 1. The molecule has 0 radical (unpaired) electrons. The van der Waals surface area contributed by atoms with E-state index in [1.807, 2.05) is 0 Å². The molecule has 4 rings (SSSR count). The molecule has 0 saturated heterocycles. The molecule has 0 bridgehead atoms. The van der Waals surface area contributed by atoms with Crippen LogP contribution in [0, 0.1) is 0 Å². The molecule has 2 aromatic heterocycles. The van der Waals surface area contributed by atoms with Crippen molar-refractivity contribution in [3.63, 3.8) is 0 Å². The first kappa shape index (κ1) is 23.2. The first-order chi connectivity index (χ1) is 14.1. The van der Waals surface area contributed by atoms with Gasteiger partial charge in [-0.2, -0.15) is 13.2 Å². The zero-order chi connectivity index (χ0) is 21.7. The van der Waals surface area contributed by atoms with Gasteiger partial charge in [0.05, 0.1) is 21.2 Å². The van der Waals surface area contributed by atoms with E-state index in [1.54, 1.807) is 12.1 Å². The Bertz CT molecular complexity index is 1210. The number of nitrogens with zero attached hydrogens (tertiary/aromatic N) is 2. The second-order valence-electron chi connectivity index (χ2n) is 6.71. The van der Waals surface area contributed by atoms with Crippen molar-refractivity contribution in [3.8, 4) is 0 Å². The molecule has 2 atom stereocenters. The number of fused-ring (bicyclic) bond motifs is 1. The summed E-state index contributed by atoms with van der Waals surface area (Å²) in [5, 5.41) is 11.6. The molecule has 2 heterocycles. The Kier molecular flexibility index (Phi) is 6.16. The van der Waals surface area contributed by atoms with Crippen molar-refractivity contribution < 1.29 is 23.1 Å². The summed E-state index contributed by atoms with van der Waals surface area (Å²) in [6.45, 7) is 0. The monoisotopic (exact) mass is 487 g/mol. The van der Waals surface area contributed by atoms with Crippen LogP contribution in [0.25, 0.3) is 10.2 Å². The summed E-state index contributed by atoms with van der Waals surface area (Å²) in [7, 11) is 0. The normalized spacial score (nSPS) is 21.3. The van der Waals surface area contributed by atoms with E-state index in [-0.39, 0.29) is 32.7 Å². The van der Waals surface area contributed by atoms with Gasteiger partial charge in [0.25, 0.3) is 0 Å². The predicted octanol–water partition coefficient (Wildman–Crippen LogP) is 4.33. The maximum absolute atomic E-state index is 13.1. The van der Waals surface area contributed by atoms with Crippen LogP contribution in [0.3, 0.4) is 0 Å². The number of carbonyl (C=O) groups excluding carboxylic acids is 1. The molecule has 1 aliphatic carbocycles. The number of nitrogens with two attached hydrogens (primary N) is 1. The zero-order valence-electron chi connectivity index (χ0n) is 15.4. The highest BCUT2D eigenvalue weighted by atomic mass is 35.5. The molecular formula is C20H14Cl2F3N3O2S. The molecular weight excluding hydrogens is 474 g/mol. The number of amides is 1. The third kappa shape index (κ3) is 3.94. The van der Waals surface area contributed by atoms with E-state index in [4.69, 9.17) is 17.3 Å². The lowest BCUT2D eigenvalue weighted by Gasteiger charge is -2.37. The van der Waals surface area contributed by atoms with Gasteiger partial charge >= 0.3 is 6.18 Å². The highest BCUT2D eigenvalue weighted by Gasteiger charge is 2.48. The number of benzene rings is 1. The summed E-state index contributed by atoms with van der Waals surface area (Å²) in [4.78, 5) is 20.5. The number of aliphatic hydroxyl groups excluding tert-OH is 1. The Labute approximate surface area is 189 Å². The molecule has 0 fully saturated rings. The highest BCUT2D eigenvalue weighted by molar-refractivity contribution is 7.18. The second-order valence-corrected chi connectivity index (χ2v) is 8.17. The van der Waals surface area contributed by atoms with Crippen LogP contribution in [0.4, 0.5) is 13.2 Å². The number of hydrogen-bond donors (Lipinski definition) is 2. The van der Waals surface area contributed by atoms with Gasteiger partial charge in [0.2, 0.25) is 5.91 Å². The summed E-state index contributed by atoms with van der Waals surface area (Å²) in [5.74, 6) is -0.873. The van der Waals surface area contributed by atoms with E-state index in [2.05, 4.69) is 9.97 Å². The first-order valence-electron chi connectivity index (χ1n) is 8.59. The van der Waals surface area contributed by atoms with Crippen LogP contribution >= 0.6 is 35.3 Å². The molecule has 1 amide bonds. The van der Waals surface area contributed by atoms with Crippen molar-refractivity contribution in [2.45, 2.75) is 17.7 Å². The van der Waals surface area contributed by atoms with Crippen LogP contribution in [0.2, 0.25) is 0 Å². The van der Waals surface area contributed by atoms with Crippen molar-refractivity contribution in [1.82, 2.24) is 9.97 Å². The Morgan fingerprint density at radius 2 is 2.03 bits per heavy atom. The molecule has 0 aliphatic heterocycles. The van der Waals surface area contributed by atoms with Gasteiger partial charge in [-0.3, -0.25) is 9.78 Å². The zero-order valence-corrected chi connectivity index (χ0v) is 17.8. The molecule has 31 heavy (non-hydrogen) atoms. The molecule has 11 heteroatoms. The number of primary amides is 1. The third-order valence-electron chi connectivity index (χ3n) is 4.88. The average Bonchev–Trinajstić information content (AvgIpc) is 3.13. The molecule has 1 aromatic carbocycles. The molecule has 0 spiro atoms. The number of allylic oxidation sites excluding steroid dienone is 2. The quantitative estimate of drug-likeness (QED) is 0.575. The molecule has 5 nitrogen and oxygen atoms in total. The lowest BCUT2D eigenvalue weighted by Crippen LogP contribution is -2.45. The summed E-state index contributed by atoms with van der Waals surface area (Å²) in [5.41, 5.74) is 3.80. The summed E-state index contributed by atoms with van der Waals surface area (Å²) in [6.07, 6.45) is -0.209. The summed E-state index contributed by atoms with van der Waals surface area (Å²) >= 11 is 7.23. The molecule has 0 saturated carbocycles. The fourth-order valence-corrected chi connectivity index (χ4v) is 4.95. The van der Waals surface area contributed by atoms with Gasteiger partial charge in [0.15, 0.2) is 0 Å². The van der Waals surface area contributed by atoms with Gasteiger partial charge in [-0.25, -0.2) is 4.98 Å².